The number of halogens is 1. The minimum Gasteiger partial charge on any atom is -0.484 e. The van der Waals surface area contributed by atoms with Gasteiger partial charge in [0, 0.05) is 18.5 Å². The SMILES string of the molecule is COC(C)COc1cc(CBr)ccc1[N+](=O)[O-]. The molecule has 0 saturated heterocycles. The Hall–Kier alpha value is -1.14. The molecule has 5 nitrogen and oxygen atoms in total. The number of rotatable bonds is 6. The molecule has 94 valence electrons. The second kappa shape index (κ2) is 6.56. The van der Waals surface area contributed by atoms with Gasteiger partial charge >= 0.3 is 5.69 Å². The van der Waals surface area contributed by atoms with Crippen LogP contribution in [-0.2, 0) is 10.1 Å². The van der Waals surface area contributed by atoms with E-state index in [-0.39, 0.29) is 24.1 Å². The zero-order valence-corrected chi connectivity index (χ0v) is 11.3. The van der Waals surface area contributed by atoms with Crippen molar-refractivity contribution in [2.75, 3.05) is 13.7 Å². The third kappa shape index (κ3) is 3.98. The monoisotopic (exact) mass is 303 g/mol. The van der Waals surface area contributed by atoms with E-state index in [0.717, 1.165) is 5.56 Å². The van der Waals surface area contributed by atoms with E-state index in [2.05, 4.69) is 15.9 Å². The number of nitrogens with zero attached hydrogens (tertiary/aromatic N) is 1. The molecule has 1 aromatic carbocycles. The van der Waals surface area contributed by atoms with Crippen molar-refractivity contribution < 1.29 is 14.4 Å². The molecule has 0 aliphatic carbocycles. The van der Waals surface area contributed by atoms with Crippen LogP contribution in [-0.4, -0.2) is 24.7 Å². The van der Waals surface area contributed by atoms with Gasteiger partial charge in [-0.2, -0.15) is 0 Å². The molecule has 6 heteroatoms. The first-order valence-electron chi connectivity index (χ1n) is 5.07. The third-order valence-corrected chi connectivity index (χ3v) is 2.90. The number of alkyl halides is 1. The largest absolute Gasteiger partial charge is 0.484 e. The molecule has 0 radical (unpaired) electrons. The van der Waals surface area contributed by atoms with Crippen LogP contribution in [0.15, 0.2) is 18.2 Å². The molecule has 0 aliphatic rings. The summed E-state index contributed by atoms with van der Waals surface area (Å²) in [6.07, 6.45) is -0.109. The van der Waals surface area contributed by atoms with Crippen molar-refractivity contribution in [2.24, 2.45) is 0 Å². The van der Waals surface area contributed by atoms with E-state index in [9.17, 15) is 10.1 Å². The molecule has 0 aromatic heterocycles. The van der Waals surface area contributed by atoms with Gasteiger partial charge in [0.25, 0.3) is 0 Å². The molecular weight excluding hydrogens is 290 g/mol. The van der Waals surface area contributed by atoms with Crippen LogP contribution in [0.3, 0.4) is 0 Å². The molecule has 0 amide bonds. The van der Waals surface area contributed by atoms with Crippen molar-refractivity contribution in [3.05, 3.63) is 33.9 Å². The van der Waals surface area contributed by atoms with E-state index in [1.165, 1.54) is 6.07 Å². The summed E-state index contributed by atoms with van der Waals surface area (Å²) in [5.41, 5.74) is 0.897. The number of methoxy groups -OCH3 is 1. The van der Waals surface area contributed by atoms with Gasteiger partial charge in [-0.25, -0.2) is 0 Å². The van der Waals surface area contributed by atoms with Crippen LogP contribution in [0.25, 0.3) is 0 Å². The summed E-state index contributed by atoms with van der Waals surface area (Å²) in [5.74, 6) is 0.274. The molecule has 0 bridgehead atoms. The van der Waals surface area contributed by atoms with E-state index in [1.54, 1.807) is 19.2 Å². The standard InChI is InChI=1S/C11H14BrNO4/c1-8(16-2)7-17-11-5-9(6-12)3-4-10(11)13(14)15/h3-5,8H,6-7H2,1-2H3. The van der Waals surface area contributed by atoms with Gasteiger partial charge in [0.05, 0.1) is 11.0 Å². The zero-order valence-electron chi connectivity index (χ0n) is 9.68. The van der Waals surface area contributed by atoms with Crippen LogP contribution in [0.5, 0.6) is 5.75 Å². The predicted molar refractivity (Wildman–Crippen MR) is 67.7 cm³/mol. The Bertz CT molecular complexity index is 397. The Kier molecular flexibility index (Phi) is 5.37. The van der Waals surface area contributed by atoms with Crippen LogP contribution in [0.1, 0.15) is 12.5 Å². The number of nitro groups is 1. The molecular formula is C11H14BrNO4. The highest BCUT2D eigenvalue weighted by molar-refractivity contribution is 9.08. The van der Waals surface area contributed by atoms with Gasteiger partial charge in [-0.05, 0) is 18.6 Å². The van der Waals surface area contributed by atoms with Gasteiger partial charge in [-0.3, -0.25) is 10.1 Å². The van der Waals surface area contributed by atoms with Crippen LogP contribution in [0.4, 0.5) is 5.69 Å². The van der Waals surface area contributed by atoms with Crippen LogP contribution in [0, 0.1) is 10.1 Å². The molecule has 0 spiro atoms. The fourth-order valence-electron chi connectivity index (χ4n) is 1.18. The lowest BCUT2D eigenvalue weighted by Gasteiger charge is -2.12. The molecule has 0 heterocycles. The second-order valence-electron chi connectivity index (χ2n) is 3.55. The topological polar surface area (TPSA) is 61.6 Å². The van der Waals surface area contributed by atoms with E-state index >= 15 is 0 Å². The van der Waals surface area contributed by atoms with Crippen molar-refractivity contribution >= 4 is 21.6 Å². The highest BCUT2D eigenvalue weighted by atomic mass is 79.9. The minimum absolute atomic E-state index is 0.0296. The number of ether oxygens (including phenoxy) is 2. The van der Waals surface area contributed by atoms with E-state index in [4.69, 9.17) is 9.47 Å². The summed E-state index contributed by atoms with van der Waals surface area (Å²) in [6.45, 7) is 2.11. The highest BCUT2D eigenvalue weighted by Crippen LogP contribution is 2.28. The van der Waals surface area contributed by atoms with E-state index < -0.39 is 4.92 Å². The van der Waals surface area contributed by atoms with Gasteiger partial charge in [0.15, 0.2) is 5.75 Å². The third-order valence-electron chi connectivity index (χ3n) is 2.25. The summed E-state index contributed by atoms with van der Waals surface area (Å²) in [7, 11) is 1.57. The molecule has 1 aromatic rings. The lowest BCUT2D eigenvalue weighted by Crippen LogP contribution is -2.16. The highest BCUT2D eigenvalue weighted by Gasteiger charge is 2.16. The van der Waals surface area contributed by atoms with Crippen LogP contribution >= 0.6 is 15.9 Å². The smallest absolute Gasteiger partial charge is 0.310 e. The lowest BCUT2D eigenvalue weighted by molar-refractivity contribution is -0.385. The van der Waals surface area contributed by atoms with Gasteiger partial charge in [0.1, 0.15) is 6.61 Å². The van der Waals surface area contributed by atoms with Crippen LogP contribution < -0.4 is 4.74 Å². The molecule has 0 fully saturated rings. The van der Waals surface area contributed by atoms with Crippen molar-refractivity contribution in [1.82, 2.24) is 0 Å². The van der Waals surface area contributed by atoms with Gasteiger partial charge in [0.2, 0.25) is 0 Å². The maximum Gasteiger partial charge on any atom is 0.310 e. The fourth-order valence-corrected chi connectivity index (χ4v) is 1.53. The first-order chi connectivity index (χ1) is 8.08. The van der Waals surface area contributed by atoms with Crippen molar-refractivity contribution in [2.45, 2.75) is 18.4 Å². The average Bonchev–Trinajstić information content (AvgIpc) is 2.35. The number of hydrogen-bond acceptors (Lipinski definition) is 4. The Morgan fingerprint density at radius 1 is 1.53 bits per heavy atom. The molecule has 0 saturated carbocycles. The zero-order chi connectivity index (χ0) is 12.8. The van der Waals surface area contributed by atoms with Crippen molar-refractivity contribution in [3.63, 3.8) is 0 Å². The summed E-state index contributed by atoms with van der Waals surface area (Å²) in [5, 5.41) is 11.4. The Balaban J connectivity index is 2.89. The van der Waals surface area contributed by atoms with Gasteiger partial charge in [-0.15, -0.1) is 0 Å². The Morgan fingerprint density at radius 2 is 2.24 bits per heavy atom. The van der Waals surface area contributed by atoms with E-state index in [0.29, 0.717) is 5.33 Å². The number of benzene rings is 1. The second-order valence-corrected chi connectivity index (χ2v) is 4.11. The molecule has 0 N–H and O–H groups in total. The molecule has 1 unspecified atom stereocenters. The molecule has 0 aliphatic heterocycles. The summed E-state index contributed by atoms with van der Waals surface area (Å²) in [6, 6.07) is 4.80. The maximum atomic E-state index is 10.8. The van der Waals surface area contributed by atoms with Gasteiger partial charge < -0.3 is 9.47 Å². The van der Waals surface area contributed by atoms with Crippen molar-refractivity contribution in [3.8, 4) is 5.75 Å². The Morgan fingerprint density at radius 3 is 2.76 bits per heavy atom. The quantitative estimate of drug-likeness (QED) is 0.460. The predicted octanol–water partition coefficient (Wildman–Crippen LogP) is 2.90. The summed E-state index contributed by atoms with van der Waals surface area (Å²) in [4.78, 5) is 10.4. The van der Waals surface area contributed by atoms with Crippen molar-refractivity contribution in [1.29, 1.82) is 0 Å². The molecule has 17 heavy (non-hydrogen) atoms. The minimum atomic E-state index is -0.454. The first-order valence-corrected chi connectivity index (χ1v) is 6.19. The lowest BCUT2D eigenvalue weighted by atomic mass is 10.2. The van der Waals surface area contributed by atoms with Crippen LogP contribution in [0.2, 0.25) is 0 Å². The number of hydrogen-bond donors (Lipinski definition) is 0. The normalized spacial score (nSPS) is 12.2. The first kappa shape index (κ1) is 13.9. The molecule has 1 rings (SSSR count). The number of nitro benzene ring substituents is 1. The Labute approximate surface area is 108 Å². The maximum absolute atomic E-state index is 10.8. The fraction of sp³-hybridized carbons (Fsp3) is 0.455. The average molecular weight is 304 g/mol. The van der Waals surface area contributed by atoms with Gasteiger partial charge in [-0.1, -0.05) is 22.0 Å². The summed E-state index contributed by atoms with van der Waals surface area (Å²) >= 11 is 3.30. The van der Waals surface area contributed by atoms with E-state index in [1.807, 2.05) is 6.92 Å². The molecule has 1 atom stereocenters. The summed E-state index contributed by atoms with van der Waals surface area (Å²) < 4.78 is 10.4.